The largest absolute Gasteiger partial charge is 0.491 e. The van der Waals surface area contributed by atoms with Gasteiger partial charge in [-0.2, -0.15) is 0 Å². The molecule has 6 atom stereocenters. The summed E-state index contributed by atoms with van der Waals surface area (Å²) in [6, 6.07) is 9.66. The van der Waals surface area contributed by atoms with E-state index in [-0.39, 0.29) is 91.0 Å². The summed E-state index contributed by atoms with van der Waals surface area (Å²) in [5.74, 6) is -2.16. The lowest BCUT2D eigenvalue weighted by molar-refractivity contribution is -0.144. The first-order chi connectivity index (χ1) is 41.5. The summed E-state index contributed by atoms with van der Waals surface area (Å²) in [4.78, 5) is 98.6. The van der Waals surface area contributed by atoms with E-state index in [9.17, 15) is 39.0 Å². The Hall–Kier alpha value is -6.47. The number of ether oxygens (including phenoxy) is 6. The fraction of sp³-hybridized carbons (Fsp3) is 0.597. The first-order valence-corrected chi connectivity index (χ1v) is 31.3. The highest BCUT2D eigenvalue weighted by Crippen LogP contribution is 2.43. The number of hydrogen-bond donors (Lipinski definition) is 6. The van der Waals surface area contributed by atoms with Crippen LogP contribution in [-0.2, 0) is 65.5 Å². The van der Waals surface area contributed by atoms with Crippen LogP contribution in [0.3, 0.4) is 0 Å². The summed E-state index contributed by atoms with van der Waals surface area (Å²) >= 11 is 3.06. The monoisotopic (exact) mass is 1240 g/mol. The number of aryl methyl sites for hydroxylation is 2. The second-order valence-electron chi connectivity index (χ2n) is 24.4. The van der Waals surface area contributed by atoms with Crippen LogP contribution in [0.4, 0.5) is 0 Å². The Morgan fingerprint density at radius 3 is 1.55 bits per heavy atom. The summed E-state index contributed by atoms with van der Waals surface area (Å²) in [6.45, 7) is 24.8. The van der Waals surface area contributed by atoms with Crippen molar-refractivity contribution >= 4 is 58.1 Å². The molecule has 4 aromatic rings. The highest BCUT2D eigenvalue weighted by Gasteiger charge is 2.53. The standard InChI is InChI=1S/C62H85N9O14S2/c1-39-52(86-37-66-39)42-12-10-41(11-13-42)32-64-56(76)47-29-45(72)34-70(47)59(79)55(61(6,7)8)69-51(75)36-84-25-24-82-21-20-80-18-19-81-22-23-83-26-27-85-49-28-43(53-40(2)67-38-87-53)14-15-44(49)33-65-57(77)48-30-46(73)35-71(48)58(78)54(60(3,4)5)68-50(74)31-62(63-9)16-17-62/h10-15,28,37-38,45-48,54-55,72-73H,16-27,29-36H2,1-8H3,(H,64,76)(H,65,77)(H,68,74)(H,69,75)/t45-,46-,47+,48+,54-,55-/m1/s1. The molecule has 4 heterocycles. The van der Waals surface area contributed by atoms with Gasteiger partial charge in [-0.3, -0.25) is 28.8 Å². The van der Waals surface area contributed by atoms with Crippen molar-refractivity contribution in [1.82, 2.24) is 41.0 Å². The average molecular weight is 1240 g/mol. The zero-order chi connectivity index (χ0) is 62.9. The molecule has 2 saturated heterocycles. The Kier molecular flexibility index (Phi) is 24.7. The number of β-amino-alcohol motifs (C(OH)–C–C–N with tert-alkyl or cyclic N) is 2. The van der Waals surface area contributed by atoms with Crippen molar-refractivity contribution in [1.29, 1.82) is 0 Å². The number of carbonyl (C=O) groups is 6. The number of nitrogens with one attached hydrogen (secondary N) is 4. The molecule has 23 nitrogen and oxygen atoms in total. The van der Waals surface area contributed by atoms with Gasteiger partial charge in [-0.1, -0.05) is 77.9 Å². The maximum absolute atomic E-state index is 14.1. The second kappa shape index (κ2) is 31.6. The normalized spacial score (nSPS) is 18.8. The molecule has 474 valence electrons. The molecular weight excluding hydrogens is 1160 g/mol. The predicted octanol–water partition coefficient (Wildman–Crippen LogP) is 4.77. The molecule has 0 spiro atoms. The maximum atomic E-state index is 14.1. The Balaban J connectivity index is 0.747. The zero-order valence-corrected chi connectivity index (χ0v) is 52.8. The van der Waals surface area contributed by atoms with E-state index >= 15 is 0 Å². The number of rotatable bonds is 32. The lowest BCUT2D eigenvalue weighted by Gasteiger charge is -2.35. The third kappa shape index (κ3) is 19.8. The Morgan fingerprint density at radius 1 is 0.644 bits per heavy atom. The van der Waals surface area contributed by atoms with Crippen molar-refractivity contribution in [2.75, 3.05) is 85.8 Å². The van der Waals surface area contributed by atoms with Gasteiger partial charge in [-0.15, -0.1) is 22.7 Å². The van der Waals surface area contributed by atoms with Crippen molar-refractivity contribution < 1.29 is 67.4 Å². The summed E-state index contributed by atoms with van der Waals surface area (Å²) in [7, 11) is 0. The van der Waals surface area contributed by atoms with Crippen molar-refractivity contribution in [3.63, 3.8) is 0 Å². The molecule has 0 bridgehead atoms. The van der Waals surface area contributed by atoms with E-state index in [1.54, 1.807) is 22.4 Å². The van der Waals surface area contributed by atoms with Crippen molar-refractivity contribution in [3.05, 3.63) is 87.4 Å². The molecule has 6 N–H and O–H groups in total. The van der Waals surface area contributed by atoms with Gasteiger partial charge >= 0.3 is 0 Å². The molecule has 2 aromatic heterocycles. The Morgan fingerprint density at radius 2 is 1.09 bits per heavy atom. The summed E-state index contributed by atoms with van der Waals surface area (Å²) in [5, 5.41) is 32.8. The summed E-state index contributed by atoms with van der Waals surface area (Å²) in [5.41, 5.74) is 6.73. The van der Waals surface area contributed by atoms with E-state index in [1.807, 2.05) is 97.9 Å². The second-order valence-corrected chi connectivity index (χ2v) is 26.1. The van der Waals surface area contributed by atoms with Gasteiger partial charge in [0, 0.05) is 57.4 Å². The first-order valence-electron chi connectivity index (χ1n) is 29.5. The average Bonchev–Trinajstić information content (AvgIpc) is 1.93. The van der Waals surface area contributed by atoms with Gasteiger partial charge in [0.15, 0.2) is 0 Å². The Bertz CT molecular complexity index is 3000. The number of likely N-dealkylation sites (tertiary alicyclic amines) is 2. The van der Waals surface area contributed by atoms with Crippen LogP contribution in [0.5, 0.6) is 5.75 Å². The molecule has 25 heteroatoms. The minimum atomic E-state index is -0.992. The Labute approximate surface area is 517 Å². The number of amides is 6. The van der Waals surface area contributed by atoms with Crippen molar-refractivity contribution in [3.8, 4) is 26.6 Å². The number of nitrogens with zero attached hydrogens (tertiary/aromatic N) is 5. The smallest absolute Gasteiger partial charge is 0.246 e. The van der Waals surface area contributed by atoms with E-state index < -0.39 is 82.3 Å². The van der Waals surface area contributed by atoms with Gasteiger partial charge in [0.2, 0.25) is 41.0 Å². The van der Waals surface area contributed by atoms with Crippen LogP contribution in [0.25, 0.3) is 25.7 Å². The highest BCUT2D eigenvalue weighted by molar-refractivity contribution is 7.13. The highest BCUT2D eigenvalue weighted by atomic mass is 32.1. The van der Waals surface area contributed by atoms with Crippen LogP contribution >= 0.6 is 22.7 Å². The molecule has 1 saturated carbocycles. The van der Waals surface area contributed by atoms with Gasteiger partial charge in [0.1, 0.15) is 49.6 Å². The third-order valence-electron chi connectivity index (χ3n) is 15.3. The fourth-order valence-electron chi connectivity index (χ4n) is 10.2. The number of thiazole rings is 2. The van der Waals surface area contributed by atoms with Gasteiger partial charge in [-0.05, 0) is 47.4 Å². The van der Waals surface area contributed by atoms with Gasteiger partial charge in [0.25, 0.3) is 0 Å². The van der Waals surface area contributed by atoms with E-state index in [2.05, 4.69) is 36.1 Å². The summed E-state index contributed by atoms with van der Waals surface area (Å²) in [6.07, 6.45) is -0.437. The SMILES string of the molecule is [C-]#[N+]C1(CC(=O)N[C@H](C(=O)N2C[C@H](O)C[C@H]2C(=O)NCc2ccc(-c3scnc3C)cc2OCCOCCOCCOCCOCCOCC(=O)N[C@H](C(=O)N2C[C@H](O)C[C@H]2C(=O)NCc2ccc(-c3scnc3C)cc2)C(C)(C)C)C(C)(C)C)CC1. The minimum Gasteiger partial charge on any atom is -0.491 e. The van der Waals surface area contributed by atoms with Crippen LogP contribution < -0.4 is 26.0 Å². The number of hydrogen-bond acceptors (Lipinski definition) is 18. The fourth-order valence-corrected chi connectivity index (χ4v) is 11.8. The minimum absolute atomic E-state index is 0.00292. The molecule has 3 aliphatic rings. The van der Waals surface area contributed by atoms with Crippen LogP contribution in [0.2, 0.25) is 0 Å². The summed E-state index contributed by atoms with van der Waals surface area (Å²) < 4.78 is 34.4. The number of aliphatic hydroxyl groups is 2. The van der Waals surface area contributed by atoms with E-state index in [0.29, 0.717) is 57.2 Å². The number of aromatic nitrogens is 2. The molecule has 1 aliphatic carbocycles. The maximum Gasteiger partial charge on any atom is 0.246 e. The van der Waals surface area contributed by atoms with Crippen molar-refractivity contribution in [2.24, 2.45) is 10.8 Å². The van der Waals surface area contributed by atoms with Crippen LogP contribution in [0, 0.1) is 31.2 Å². The van der Waals surface area contributed by atoms with E-state index in [0.717, 1.165) is 37.8 Å². The topological polar surface area (TPSA) is 283 Å². The molecule has 0 unspecified atom stereocenters. The van der Waals surface area contributed by atoms with Gasteiger partial charge in [-0.25, -0.2) is 16.5 Å². The number of carbonyl (C=O) groups excluding carboxylic acids is 6. The van der Waals surface area contributed by atoms with E-state index in [1.165, 1.54) is 21.1 Å². The molecule has 2 aliphatic heterocycles. The molecule has 7 rings (SSSR count). The van der Waals surface area contributed by atoms with E-state index in [4.69, 9.17) is 35.0 Å². The third-order valence-corrected chi connectivity index (χ3v) is 17.2. The van der Waals surface area contributed by atoms with Crippen LogP contribution in [0.1, 0.15) is 96.2 Å². The lowest BCUT2D eigenvalue weighted by Crippen LogP contribution is -2.58. The molecule has 3 fully saturated rings. The van der Waals surface area contributed by atoms with Gasteiger partial charge in [0.05, 0.1) is 104 Å². The molecule has 6 amide bonds. The number of aliphatic hydroxyl groups excluding tert-OH is 2. The predicted molar refractivity (Wildman–Crippen MR) is 326 cm³/mol. The first kappa shape index (κ1) is 68.0. The van der Waals surface area contributed by atoms with Gasteiger partial charge < -0.3 is 74.5 Å². The number of benzene rings is 2. The molecule has 2 aromatic carbocycles. The lowest BCUT2D eigenvalue weighted by atomic mass is 9.85. The zero-order valence-electron chi connectivity index (χ0n) is 51.1. The molecule has 0 radical (unpaired) electrons. The molecular formula is C62H85N9O14S2. The van der Waals surface area contributed by atoms with Crippen LogP contribution in [-0.4, -0.2) is 193 Å². The van der Waals surface area contributed by atoms with Crippen LogP contribution in [0.15, 0.2) is 53.5 Å². The molecule has 87 heavy (non-hydrogen) atoms. The van der Waals surface area contributed by atoms with Crippen molar-refractivity contribution in [2.45, 2.75) is 142 Å². The quantitative estimate of drug-likeness (QED) is 0.0284.